The number of halogens is 1. The molecular formula is C24H21ClN4O3S. The Bertz CT molecular complexity index is 1360. The summed E-state index contributed by atoms with van der Waals surface area (Å²) in [6, 6.07) is 16.3. The van der Waals surface area contributed by atoms with Gasteiger partial charge in [-0.05, 0) is 44.0 Å². The van der Waals surface area contributed by atoms with Gasteiger partial charge in [0, 0.05) is 18.4 Å². The minimum atomic E-state index is -0.504. The average molecular weight is 481 g/mol. The van der Waals surface area contributed by atoms with Gasteiger partial charge in [0.15, 0.2) is 10.8 Å². The van der Waals surface area contributed by atoms with Crippen molar-refractivity contribution in [2.24, 2.45) is 0 Å². The highest BCUT2D eigenvalue weighted by Gasteiger charge is 2.30. The van der Waals surface area contributed by atoms with Crippen LogP contribution in [0.15, 0.2) is 59.4 Å². The van der Waals surface area contributed by atoms with Gasteiger partial charge < -0.3 is 4.74 Å². The van der Waals surface area contributed by atoms with Gasteiger partial charge in [-0.1, -0.05) is 47.2 Å². The second-order valence-electron chi connectivity index (χ2n) is 7.88. The molecule has 1 atom stereocenters. The van der Waals surface area contributed by atoms with Gasteiger partial charge in [0.25, 0.3) is 5.91 Å². The van der Waals surface area contributed by atoms with Crippen molar-refractivity contribution in [2.45, 2.75) is 25.9 Å². The molecule has 1 amide bonds. The Hall–Kier alpha value is -3.07. The quantitative estimate of drug-likeness (QED) is 0.416. The average Bonchev–Trinajstić information content (AvgIpc) is 3.47. The second-order valence-corrected chi connectivity index (χ2v) is 9.29. The van der Waals surface area contributed by atoms with Crippen LogP contribution >= 0.6 is 22.9 Å². The maximum atomic E-state index is 13.7. The van der Waals surface area contributed by atoms with E-state index in [2.05, 4.69) is 10.1 Å². The third-order valence-corrected chi connectivity index (χ3v) is 6.94. The van der Waals surface area contributed by atoms with Crippen LogP contribution in [-0.2, 0) is 4.74 Å². The van der Waals surface area contributed by atoms with E-state index in [1.807, 2.05) is 36.4 Å². The Morgan fingerprint density at radius 1 is 1.24 bits per heavy atom. The van der Waals surface area contributed by atoms with Gasteiger partial charge in [-0.3, -0.25) is 14.5 Å². The zero-order valence-corrected chi connectivity index (χ0v) is 19.5. The van der Waals surface area contributed by atoms with E-state index in [-0.39, 0.29) is 11.8 Å². The number of anilines is 1. The number of hydrogen-bond acceptors (Lipinski definition) is 6. The summed E-state index contributed by atoms with van der Waals surface area (Å²) in [6.45, 7) is 2.72. The molecule has 1 fully saturated rings. The molecule has 33 heavy (non-hydrogen) atoms. The lowest BCUT2D eigenvalue weighted by Gasteiger charge is -2.23. The molecule has 4 aromatic rings. The number of aryl methyl sites for hydroxylation is 1. The van der Waals surface area contributed by atoms with Crippen molar-refractivity contribution in [3.63, 3.8) is 0 Å². The molecule has 0 N–H and O–H groups in total. The van der Waals surface area contributed by atoms with E-state index < -0.39 is 11.3 Å². The molecule has 0 unspecified atom stereocenters. The van der Waals surface area contributed by atoms with Crippen LogP contribution in [0.1, 0.15) is 29.0 Å². The number of amides is 1. The molecule has 2 aromatic heterocycles. The number of fused-ring (bicyclic) bond motifs is 1. The van der Waals surface area contributed by atoms with E-state index in [0.29, 0.717) is 34.7 Å². The highest BCUT2D eigenvalue weighted by Crippen LogP contribution is 2.30. The number of nitrogens with zero attached hydrogens (tertiary/aromatic N) is 4. The lowest BCUT2D eigenvalue weighted by Crippen LogP contribution is -2.40. The molecule has 168 valence electrons. The molecule has 1 aliphatic heterocycles. The minimum absolute atomic E-state index is 0.114. The number of carbonyl (C=O) groups is 1. The Kier molecular flexibility index (Phi) is 5.97. The number of para-hydroxylation sites is 2. The standard InChI is InChI=1S/C24H21ClN4O3S/c1-15-13-20(30)22(27-29(15)19-10-4-2-8-17(19)25)23(31)28(14-16-7-6-12-32-16)24-26-18-9-3-5-11-21(18)33-24/h2-5,8-11,13,16H,6-7,12,14H2,1H3/t16-/m0/s1. The molecule has 3 heterocycles. The lowest BCUT2D eigenvalue weighted by molar-refractivity contribution is 0.0911. The van der Waals surface area contributed by atoms with Gasteiger partial charge >= 0.3 is 0 Å². The molecule has 0 bridgehead atoms. The van der Waals surface area contributed by atoms with Gasteiger partial charge in [0.2, 0.25) is 5.43 Å². The van der Waals surface area contributed by atoms with E-state index in [1.54, 1.807) is 19.1 Å². The van der Waals surface area contributed by atoms with Crippen molar-refractivity contribution in [3.05, 3.63) is 81.2 Å². The summed E-state index contributed by atoms with van der Waals surface area (Å²) in [5.74, 6) is -0.504. The molecule has 1 saturated heterocycles. The number of thiazole rings is 1. The Labute approximate surface area is 199 Å². The van der Waals surface area contributed by atoms with Crippen LogP contribution in [0.3, 0.4) is 0 Å². The summed E-state index contributed by atoms with van der Waals surface area (Å²) in [5, 5.41) is 5.43. The molecule has 0 radical (unpaired) electrons. The fourth-order valence-corrected chi connectivity index (χ4v) is 5.10. The van der Waals surface area contributed by atoms with Crippen molar-refractivity contribution in [1.29, 1.82) is 0 Å². The number of carbonyl (C=O) groups excluding carboxylic acids is 1. The van der Waals surface area contributed by atoms with Crippen molar-refractivity contribution in [3.8, 4) is 5.69 Å². The number of benzene rings is 2. The first-order chi connectivity index (χ1) is 16.0. The van der Waals surface area contributed by atoms with Crippen molar-refractivity contribution in [2.75, 3.05) is 18.1 Å². The van der Waals surface area contributed by atoms with Crippen LogP contribution in [0.25, 0.3) is 15.9 Å². The Morgan fingerprint density at radius 2 is 2.03 bits per heavy atom. The zero-order valence-electron chi connectivity index (χ0n) is 17.9. The molecule has 0 saturated carbocycles. The first-order valence-electron chi connectivity index (χ1n) is 10.7. The third-order valence-electron chi connectivity index (χ3n) is 5.56. The third kappa shape index (κ3) is 4.29. The van der Waals surface area contributed by atoms with Crippen molar-refractivity contribution >= 4 is 44.2 Å². The molecule has 2 aromatic carbocycles. The smallest absolute Gasteiger partial charge is 0.284 e. The maximum Gasteiger partial charge on any atom is 0.284 e. The maximum absolute atomic E-state index is 13.7. The number of aromatic nitrogens is 3. The summed E-state index contributed by atoms with van der Waals surface area (Å²) in [6.07, 6.45) is 1.67. The summed E-state index contributed by atoms with van der Waals surface area (Å²) in [4.78, 5) is 32.8. The van der Waals surface area contributed by atoms with Crippen molar-refractivity contribution in [1.82, 2.24) is 14.8 Å². The number of hydrogen-bond donors (Lipinski definition) is 0. The topological polar surface area (TPSA) is 77.3 Å². The highest BCUT2D eigenvalue weighted by molar-refractivity contribution is 7.22. The first-order valence-corrected chi connectivity index (χ1v) is 11.9. The number of ether oxygens (including phenoxy) is 1. The molecule has 0 spiro atoms. The molecule has 7 nitrogen and oxygen atoms in total. The molecular weight excluding hydrogens is 460 g/mol. The van der Waals surface area contributed by atoms with E-state index in [9.17, 15) is 9.59 Å². The molecule has 5 rings (SSSR count). The predicted octanol–water partition coefficient (Wildman–Crippen LogP) is 4.63. The van der Waals surface area contributed by atoms with E-state index in [1.165, 1.54) is 27.0 Å². The second kappa shape index (κ2) is 9.05. The monoisotopic (exact) mass is 480 g/mol. The lowest BCUT2D eigenvalue weighted by atomic mass is 10.2. The zero-order chi connectivity index (χ0) is 22.9. The SMILES string of the molecule is Cc1cc(=O)c(C(=O)N(C[C@@H]2CCCO2)c2nc3ccccc3s2)nn1-c1ccccc1Cl. The van der Waals surface area contributed by atoms with E-state index in [4.69, 9.17) is 16.3 Å². The highest BCUT2D eigenvalue weighted by atomic mass is 35.5. The number of rotatable bonds is 5. The minimum Gasteiger partial charge on any atom is -0.376 e. The van der Waals surface area contributed by atoms with Crippen molar-refractivity contribution < 1.29 is 9.53 Å². The largest absolute Gasteiger partial charge is 0.376 e. The fourth-order valence-electron chi connectivity index (χ4n) is 3.91. The normalized spacial score (nSPS) is 15.8. The fraction of sp³-hybridized carbons (Fsp3) is 0.250. The van der Waals surface area contributed by atoms with Crippen LogP contribution in [0.5, 0.6) is 0 Å². The van der Waals surface area contributed by atoms with Crippen LogP contribution in [0.2, 0.25) is 5.02 Å². The Balaban J connectivity index is 1.59. The van der Waals surface area contributed by atoms with E-state index >= 15 is 0 Å². The predicted molar refractivity (Wildman–Crippen MR) is 130 cm³/mol. The van der Waals surface area contributed by atoms with Gasteiger partial charge in [-0.25, -0.2) is 9.67 Å². The van der Waals surface area contributed by atoms with Crippen LogP contribution in [-0.4, -0.2) is 39.9 Å². The summed E-state index contributed by atoms with van der Waals surface area (Å²) < 4.78 is 8.27. The van der Waals surface area contributed by atoms with Crippen LogP contribution in [0.4, 0.5) is 5.13 Å². The summed E-state index contributed by atoms with van der Waals surface area (Å²) in [5.41, 5.74) is 1.34. The molecule has 1 aliphatic rings. The first kappa shape index (κ1) is 21.8. The van der Waals surface area contributed by atoms with Crippen LogP contribution in [0, 0.1) is 6.92 Å². The summed E-state index contributed by atoms with van der Waals surface area (Å²) in [7, 11) is 0. The molecule has 9 heteroatoms. The van der Waals surface area contributed by atoms with Gasteiger partial charge in [0.1, 0.15) is 0 Å². The van der Waals surface area contributed by atoms with E-state index in [0.717, 1.165) is 23.1 Å². The molecule has 0 aliphatic carbocycles. The van der Waals surface area contributed by atoms with Gasteiger partial charge in [0.05, 0.1) is 33.6 Å². The van der Waals surface area contributed by atoms with Gasteiger partial charge in [-0.15, -0.1) is 0 Å². The Morgan fingerprint density at radius 3 is 2.79 bits per heavy atom. The van der Waals surface area contributed by atoms with Crippen LogP contribution < -0.4 is 10.3 Å². The summed E-state index contributed by atoms with van der Waals surface area (Å²) >= 11 is 7.76. The van der Waals surface area contributed by atoms with Gasteiger partial charge in [-0.2, -0.15) is 5.10 Å².